The van der Waals surface area contributed by atoms with Crippen molar-refractivity contribution in [1.82, 2.24) is 0 Å². The van der Waals surface area contributed by atoms with Gasteiger partial charge in [0, 0.05) is 0 Å². The number of isocyanates is 1. The van der Waals surface area contributed by atoms with Crippen molar-refractivity contribution in [3.63, 3.8) is 0 Å². The summed E-state index contributed by atoms with van der Waals surface area (Å²) in [4.78, 5) is 17.5. The topological polar surface area (TPSA) is 41.8 Å². The number of nitrogens with zero attached hydrogens (tertiary/aromatic N) is 2. The van der Waals surface area contributed by atoms with Gasteiger partial charge in [-0.15, -0.1) is 0 Å². The molecule has 1 unspecified atom stereocenters. The minimum absolute atomic E-state index is 0.162. The van der Waals surface area contributed by atoms with Crippen LogP contribution in [0.3, 0.4) is 0 Å². The largest absolute Gasteiger partial charge is 0.243 e. The highest BCUT2D eigenvalue weighted by Crippen LogP contribution is 2.27. The van der Waals surface area contributed by atoms with Crippen LogP contribution >= 0.6 is 0 Å². The normalized spacial score (nSPS) is 12.5. The van der Waals surface area contributed by atoms with Gasteiger partial charge in [-0.1, -0.05) is 20.8 Å². The maximum atomic E-state index is 9.89. The number of hydrogen-bond acceptors (Lipinski definition) is 3. The van der Waals surface area contributed by atoms with E-state index in [1.807, 2.05) is 0 Å². The van der Waals surface area contributed by atoms with E-state index in [0.29, 0.717) is 12.5 Å². The molecule has 0 amide bonds. The van der Waals surface area contributed by atoms with E-state index in [4.69, 9.17) is 0 Å². The summed E-state index contributed by atoms with van der Waals surface area (Å²) in [5.41, 5.74) is 0.162. The molecule has 3 nitrogen and oxygen atoms in total. The van der Waals surface area contributed by atoms with Crippen molar-refractivity contribution in [2.45, 2.75) is 33.6 Å². The van der Waals surface area contributed by atoms with Crippen LogP contribution in [-0.2, 0) is 4.79 Å². The van der Waals surface area contributed by atoms with Gasteiger partial charge in [0.25, 0.3) is 0 Å². The van der Waals surface area contributed by atoms with Gasteiger partial charge in [-0.25, -0.2) is 14.8 Å². The lowest BCUT2D eigenvalue weighted by molar-refractivity contribution is 0.281. The van der Waals surface area contributed by atoms with Crippen LogP contribution in [0.1, 0.15) is 33.6 Å². The number of hydrogen-bond donors (Lipinski definition) is 0. The molecule has 84 valence electrons. The van der Waals surface area contributed by atoms with Crippen molar-refractivity contribution in [2.24, 2.45) is 21.3 Å². The van der Waals surface area contributed by atoms with Crippen LogP contribution in [0.2, 0.25) is 0 Å². The fourth-order valence-electron chi connectivity index (χ4n) is 1.71. The molecule has 1 atom stereocenters. The highest BCUT2D eigenvalue weighted by Gasteiger charge is 2.20. The first kappa shape index (κ1) is 13.8. The van der Waals surface area contributed by atoms with E-state index in [9.17, 15) is 4.79 Å². The van der Waals surface area contributed by atoms with E-state index in [1.165, 1.54) is 0 Å². The van der Waals surface area contributed by atoms with Gasteiger partial charge in [0.2, 0.25) is 6.08 Å². The second-order valence-electron chi connectivity index (χ2n) is 4.71. The first-order valence-corrected chi connectivity index (χ1v) is 5.24. The fraction of sp³-hybridized carbons (Fsp3) is 0.750. The minimum atomic E-state index is 0.162. The molecule has 0 aliphatic heterocycles. The zero-order valence-corrected chi connectivity index (χ0v) is 9.92. The molecule has 0 aliphatic rings. The Kier molecular flexibility index (Phi) is 6.61. The zero-order chi connectivity index (χ0) is 11.7. The molecule has 0 N–H and O–H groups in total. The van der Waals surface area contributed by atoms with Crippen molar-refractivity contribution >= 4 is 11.9 Å². The highest BCUT2D eigenvalue weighted by molar-refractivity contribution is 5.46. The molecule has 15 heavy (non-hydrogen) atoms. The molecular formula is C12H20N2O. The predicted molar refractivity (Wildman–Crippen MR) is 63.1 cm³/mol. The molecule has 0 aromatic carbocycles. The highest BCUT2D eigenvalue weighted by atomic mass is 16.1. The summed E-state index contributed by atoms with van der Waals surface area (Å²) in [6, 6.07) is 0. The van der Waals surface area contributed by atoms with Crippen molar-refractivity contribution < 1.29 is 4.79 Å². The van der Waals surface area contributed by atoms with Crippen LogP contribution in [-0.4, -0.2) is 25.0 Å². The smallest absolute Gasteiger partial charge is 0.234 e. The Morgan fingerprint density at radius 2 is 2.07 bits per heavy atom. The van der Waals surface area contributed by atoms with Crippen LogP contribution in [0.25, 0.3) is 0 Å². The Labute approximate surface area is 92.0 Å². The van der Waals surface area contributed by atoms with E-state index in [0.717, 1.165) is 19.4 Å². The Bertz CT molecular complexity index is 271. The molecule has 0 rings (SSSR count). The van der Waals surface area contributed by atoms with Gasteiger partial charge < -0.3 is 0 Å². The Balaban J connectivity index is 3.96. The van der Waals surface area contributed by atoms with Gasteiger partial charge in [-0.2, -0.15) is 0 Å². The molecule has 0 aromatic heterocycles. The summed E-state index contributed by atoms with van der Waals surface area (Å²) in [7, 11) is 0. The molecule has 0 radical (unpaired) electrons. The maximum absolute atomic E-state index is 9.89. The Hall–Kier alpha value is -1.17. The van der Waals surface area contributed by atoms with Crippen molar-refractivity contribution in [2.75, 3.05) is 13.1 Å². The van der Waals surface area contributed by atoms with E-state index in [1.54, 1.807) is 6.08 Å². The lowest BCUT2D eigenvalue weighted by Gasteiger charge is -2.25. The summed E-state index contributed by atoms with van der Waals surface area (Å²) in [5.74, 6) is 3.09. The SMILES string of the molecule is C=C=NCC(C)(C)CC(C)CCN=C=O. The summed E-state index contributed by atoms with van der Waals surface area (Å²) < 4.78 is 0. The van der Waals surface area contributed by atoms with E-state index >= 15 is 0 Å². The fourth-order valence-corrected chi connectivity index (χ4v) is 1.71. The summed E-state index contributed by atoms with van der Waals surface area (Å²) >= 11 is 0. The molecule has 0 heterocycles. The molecule has 3 heteroatoms. The molecule has 0 aromatic rings. The second-order valence-corrected chi connectivity index (χ2v) is 4.71. The molecule has 0 spiro atoms. The average Bonchev–Trinajstić information content (AvgIpc) is 2.14. The first-order valence-electron chi connectivity index (χ1n) is 5.24. The number of carbonyl (C=O) groups excluding carboxylic acids is 1. The molecular weight excluding hydrogens is 188 g/mol. The average molecular weight is 208 g/mol. The summed E-state index contributed by atoms with van der Waals surface area (Å²) in [5, 5.41) is 0. The van der Waals surface area contributed by atoms with Gasteiger partial charge in [0.05, 0.1) is 13.1 Å². The van der Waals surface area contributed by atoms with Gasteiger partial charge in [0.1, 0.15) is 0 Å². The van der Waals surface area contributed by atoms with E-state index in [2.05, 4.69) is 43.2 Å². The first-order chi connectivity index (χ1) is 7.02. The molecule has 0 saturated carbocycles. The van der Waals surface area contributed by atoms with Crippen LogP contribution in [0.4, 0.5) is 0 Å². The molecule has 0 aliphatic carbocycles. The molecule has 0 bridgehead atoms. The maximum Gasteiger partial charge on any atom is 0.234 e. The van der Waals surface area contributed by atoms with Gasteiger partial charge in [-0.05, 0) is 36.6 Å². The third kappa shape index (κ3) is 7.87. The monoisotopic (exact) mass is 208 g/mol. The molecule has 0 fully saturated rings. The predicted octanol–water partition coefficient (Wildman–Crippen LogP) is 2.62. The van der Waals surface area contributed by atoms with Gasteiger partial charge in [-0.3, -0.25) is 0 Å². The Morgan fingerprint density at radius 1 is 1.40 bits per heavy atom. The quantitative estimate of drug-likeness (QED) is 0.468. The van der Waals surface area contributed by atoms with Crippen molar-refractivity contribution in [3.05, 3.63) is 6.58 Å². The third-order valence-corrected chi connectivity index (χ3v) is 2.32. The molecule has 0 saturated heterocycles. The summed E-state index contributed by atoms with van der Waals surface area (Å²) in [6.45, 7) is 11.3. The minimum Gasteiger partial charge on any atom is -0.243 e. The number of rotatable bonds is 7. The van der Waals surface area contributed by atoms with Gasteiger partial charge in [0.15, 0.2) is 0 Å². The lowest BCUT2D eigenvalue weighted by atomic mass is 9.82. The van der Waals surface area contributed by atoms with Crippen molar-refractivity contribution in [1.29, 1.82) is 0 Å². The third-order valence-electron chi connectivity index (χ3n) is 2.32. The van der Waals surface area contributed by atoms with Crippen LogP contribution < -0.4 is 0 Å². The van der Waals surface area contributed by atoms with Gasteiger partial charge >= 0.3 is 0 Å². The number of aliphatic imine (C=N–C) groups is 2. The van der Waals surface area contributed by atoms with Crippen LogP contribution in [0.5, 0.6) is 0 Å². The second kappa shape index (κ2) is 7.17. The van der Waals surface area contributed by atoms with E-state index in [-0.39, 0.29) is 5.41 Å². The summed E-state index contributed by atoms with van der Waals surface area (Å²) in [6.07, 6.45) is 3.55. The van der Waals surface area contributed by atoms with Crippen LogP contribution in [0.15, 0.2) is 16.6 Å². The zero-order valence-electron chi connectivity index (χ0n) is 9.92. The lowest BCUT2D eigenvalue weighted by Crippen LogP contribution is -2.19. The van der Waals surface area contributed by atoms with Crippen LogP contribution in [0, 0.1) is 11.3 Å². The Morgan fingerprint density at radius 3 is 2.60 bits per heavy atom. The standard InChI is InChI=1S/C12H20N2O/c1-5-13-9-12(3,4)8-11(2)6-7-14-10-15/h11H,1,6-9H2,2-4H3. The van der Waals surface area contributed by atoms with E-state index < -0.39 is 0 Å². The van der Waals surface area contributed by atoms with Crippen molar-refractivity contribution in [3.8, 4) is 0 Å².